The van der Waals surface area contributed by atoms with Gasteiger partial charge in [-0.25, -0.2) is 9.97 Å². The first kappa shape index (κ1) is 18.3. The van der Waals surface area contributed by atoms with Gasteiger partial charge < -0.3 is 15.4 Å². The second-order valence-electron chi connectivity index (χ2n) is 6.34. The number of morpholine rings is 1. The number of rotatable bonds is 7. The number of nitrogens with one attached hydrogen (secondary N) is 2. The molecule has 0 spiro atoms. The third kappa shape index (κ3) is 5.50. The molecule has 26 heavy (non-hydrogen) atoms. The molecule has 1 fully saturated rings. The minimum Gasteiger partial charge on any atom is -0.379 e. The van der Waals surface area contributed by atoms with Crippen LogP contribution in [-0.4, -0.2) is 60.2 Å². The number of carbonyl (C=O) groups excluding carboxylic acids is 1. The van der Waals surface area contributed by atoms with E-state index < -0.39 is 0 Å². The van der Waals surface area contributed by atoms with Crippen LogP contribution in [0.5, 0.6) is 0 Å². The van der Waals surface area contributed by atoms with Crippen molar-refractivity contribution in [2.75, 3.05) is 44.7 Å². The Morgan fingerprint density at radius 1 is 1.15 bits per heavy atom. The van der Waals surface area contributed by atoms with Crippen molar-refractivity contribution in [3.63, 3.8) is 0 Å². The normalized spacial score (nSPS) is 14.8. The Hall–Kier alpha value is -2.51. The van der Waals surface area contributed by atoms with E-state index in [2.05, 4.69) is 56.7 Å². The maximum atomic E-state index is 12.2. The van der Waals surface area contributed by atoms with E-state index in [1.54, 1.807) is 12.4 Å². The Morgan fingerprint density at radius 2 is 1.85 bits per heavy atom. The molecule has 3 rings (SSSR count). The van der Waals surface area contributed by atoms with Crippen molar-refractivity contribution >= 4 is 11.9 Å². The van der Waals surface area contributed by atoms with Crippen LogP contribution < -0.4 is 10.6 Å². The number of hydrogen-bond donors (Lipinski definition) is 2. The predicted molar refractivity (Wildman–Crippen MR) is 100 cm³/mol. The summed E-state index contributed by atoms with van der Waals surface area (Å²) in [7, 11) is 0. The van der Waals surface area contributed by atoms with Crippen LogP contribution in [0.25, 0.3) is 0 Å². The van der Waals surface area contributed by atoms with Gasteiger partial charge in [-0.2, -0.15) is 0 Å². The molecule has 0 unspecified atom stereocenters. The van der Waals surface area contributed by atoms with Gasteiger partial charge >= 0.3 is 0 Å². The molecular weight excluding hydrogens is 330 g/mol. The lowest BCUT2D eigenvalue weighted by Gasteiger charge is -2.26. The predicted octanol–water partition coefficient (Wildman–Crippen LogP) is 1.46. The zero-order chi connectivity index (χ0) is 18.2. The van der Waals surface area contributed by atoms with Gasteiger partial charge in [0.05, 0.1) is 18.8 Å². The summed E-state index contributed by atoms with van der Waals surface area (Å²) >= 11 is 0. The summed E-state index contributed by atoms with van der Waals surface area (Å²) in [5.41, 5.74) is 2.85. The zero-order valence-corrected chi connectivity index (χ0v) is 15.1. The molecule has 0 saturated carbocycles. The second-order valence-corrected chi connectivity index (χ2v) is 6.34. The number of hydrogen-bond acceptors (Lipinski definition) is 6. The molecule has 1 amide bonds. The SMILES string of the molecule is Cc1ccc(CNc2ncc(C(=O)NCCN3CCOCC3)cn2)cc1. The quantitative estimate of drug-likeness (QED) is 0.783. The van der Waals surface area contributed by atoms with Crippen LogP contribution in [0.1, 0.15) is 21.5 Å². The van der Waals surface area contributed by atoms with Gasteiger partial charge in [-0.3, -0.25) is 9.69 Å². The molecule has 7 nitrogen and oxygen atoms in total. The number of carbonyl (C=O) groups is 1. The van der Waals surface area contributed by atoms with E-state index in [-0.39, 0.29) is 5.91 Å². The zero-order valence-electron chi connectivity index (χ0n) is 15.1. The Balaban J connectivity index is 1.42. The largest absolute Gasteiger partial charge is 0.379 e. The van der Waals surface area contributed by atoms with Gasteiger partial charge in [0.15, 0.2) is 0 Å². The first-order valence-corrected chi connectivity index (χ1v) is 8.90. The van der Waals surface area contributed by atoms with Gasteiger partial charge in [0.25, 0.3) is 5.91 Å². The fourth-order valence-corrected chi connectivity index (χ4v) is 2.68. The summed E-state index contributed by atoms with van der Waals surface area (Å²) in [5.74, 6) is 0.360. The fraction of sp³-hybridized carbons (Fsp3) is 0.421. The van der Waals surface area contributed by atoms with E-state index in [0.29, 0.717) is 24.6 Å². The van der Waals surface area contributed by atoms with E-state index in [9.17, 15) is 4.79 Å². The van der Waals surface area contributed by atoms with Gasteiger partial charge in [0.1, 0.15) is 0 Å². The van der Waals surface area contributed by atoms with Crippen molar-refractivity contribution in [1.29, 1.82) is 0 Å². The van der Waals surface area contributed by atoms with Gasteiger partial charge in [0, 0.05) is 45.1 Å². The third-order valence-corrected chi connectivity index (χ3v) is 4.30. The molecule has 7 heteroatoms. The Bertz CT molecular complexity index is 697. The molecule has 2 heterocycles. The third-order valence-electron chi connectivity index (χ3n) is 4.30. The number of amides is 1. The summed E-state index contributed by atoms with van der Waals surface area (Å²) in [6.07, 6.45) is 3.10. The van der Waals surface area contributed by atoms with Gasteiger partial charge in [-0.15, -0.1) is 0 Å². The Kier molecular flexibility index (Phi) is 6.51. The molecule has 0 radical (unpaired) electrons. The lowest BCUT2D eigenvalue weighted by atomic mass is 10.1. The van der Waals surface area contributed by atoms with Crippen LogP contribution in [0.3, 0.4) is 0 Å². The minimum atomic E-state index is -0.150. The summed E-state index contributed by atoms with van der Waals surface area (Å²) in [6, 6.07) is 8.28. The van der Waals surface area contributed by atoms with Gasteiger partial charge in [-0.05, 0) is 12.5 Å². The number of benzene rings is 1. The first-order chi connectivity index (χ1) is 12.7. The van der Waals surface area contributed by atoms with Gasteiger partial charge in [-0.1, -0.05) is 29.8 Å². The van der Waals surface area contributed by atoms with E-state index in [1.807, 2.05) is 0 Å². The van der Waals surface area contributed by atoms with Crippen molar-refractivity contribution in [3.8, 4) is 0 Å². The number of ether oxygens (including phenoxy) is 1. The van der Waals surface area contributed by atoms with Crippen LogP contribution in [0, 0.1) is 6.92 Å². The molecular formula is C19H25N5O2. The first-order valence-electron chi connectivity index (χ1n) is 8.90. The molecule has 0 aliphatic carbocycles. The van der Waals surface area contributed by atoms with E-state index in [0.717, 1.165) is 38.4 Å². The standard InChI is InChI=1S/C19H25N5O2/c1-15-2-4-16(5-3-15)12-21-19-22-13-17(14-23-19)18(25)20-6-7-24-8-10-26-11-9-24/h2-5,13-14H,6-12H2,1H3,(H,20,25)(H,21,22,23). The fourth-order valence-electron chi connectivity index (χ4n) is 2.68. The lowest BCUT2D eigenvalue weighted by Crippen LogP contribution is -2.41. The van der Waals surface area contributed by atoms with Crippen LogP contribution >= 0.6 is 0 Å². The van der Waals surface area contributed by atoms with E-state index in [4.69, 9.17) is 4.74 Å². The van der Waals surface area contributed by atoms with Crippen LogP contribution in [0.4, 0.5) is 5.95 Å². The van der Waals surface area contributed by atoms with E-state index in [1.165, 1.54) is 5.56 Å². The molecule has 2 N–H and O–H groups in total. The van der Waals surface area contributed by atoms with Crippen molar-refractivity contribution < 1.29 is 9.53 Å². The maximum absolute atomic E-state index is 12.2. The monoisotopic (exact) mass is 355 g/mol. The summed E-state index contributed by atoms with van der Waals surface area (Å²) < 4.78 is 5.31. The highest BCUT2D eigenvalue weighted by Gasteiger charge is 2.11. The number of anilines is 1. The maximum Gasteiger partial charge on any atom is 0.254 e. The smallest absolute Gasteiger partial charge is 0.254 e. The molecule has 0 bridgehead atoms. The van der Waals surface area contributed by atoms with E-state index >= 15 is 0 Å². The van der Waals surface area contributed by atoms with Crippen molar-refractivity contribution in [1.82, 2.24) is 20.2 Å². The molecule has 1 saturated heterocycles. The minimum absolute atomic E-state index is 0.150. The Labute approximate surface area is 153 Å². The second kappa shape index (κ2) is 9.26. The average Bonchev–Trinajstić information content (AvgIpc) is 2.69. The summed E-state index contributed by atoms with van der Waals surface area (Å²) in [4.78, 5) is 22.9. The Morgan fingerprint density at radius 3 is 2.54 bits per heavy atom. The number of nitrogens with zero attached hydrogens (tertiary/aromatic N) is 3. The highest BCUT2D eigenvalue weighted by molar-refractivity contribution is 5.93. The summed E-state index contributed by atoms with van der Waals surface area (Å²) in [6.45, 7) is 7.49. The molecule has 1 aliphatic rings. The number of aryl methyl sites for hydroxylation is 1. The lowest BCUT2D eigenvalue weighted by molar-refractivity contribution is 0.0383. The highest BCUT2D eigenvalue weighted by atomic mass is 16.5. The van der Waals surface area contributed by atoms with Crippen LogP contribution in [-0.2, 0) is 11.3 Å². The average molecular weight is 355 g/mol. The van der Waals surface area contributed by atoms with Gasteiger partial charge in [0.2, 0.25) is 5.95 Å². The van der Waals surface area contributed by atoms with Crippen LogP contribution in [0.2, 0.25) is 0 Å². The van der Waals surface area contributed by atoms with Crippen molar-refractivity contribution in [2.45, 2.75) is 13.5 Å². The molecule has 2 aromatic rings. The topological polar surface area (TPSA) is 79.4 Å². The number of aromatic nitrogens is 2. The molecule has 1 aromatic heterocycles. The molecule has 1 aliphatic heterocycles. The van der Waals surface area contributed by atoms with Crippen LogP contribution in [0.15, 0.2) is 36.7 Å². The molecule has 0 atom stereocenters. The van der Waals surface area contributed by atoms with Crippen molar-refractivity contribution in [2.24, 2.45) is 0 Å². The highest BCUT2D eigenvalue weighted by Crippen LogP contribution is 2.06. The summed E-state index contributed by atoms with van der Waals surface area (Å²) in [5, 5.41) is 6.07. The molecule has 138 valence electrons. The van der Waals surface area contributed by atoms with Crippen molar-refractivity contribution in [3.05, 3.63) is 53.3 Å². The molecule has 1 aromatic carbocycles.